The Bertz CT molecular complexity index is 1380. The van der Waals surface area contributed by atoms with Gasteiger partial charge in [0.05, 0.1) is 45.2 Å². The van der Waals surface area contributed by atoms with Gasteiger partial charge in [-0.25, -0.2) is 9.18 Å². The van der Waals surface area contributed by atoms with E-state index in [1.807, 2.05) is 0 Å². The maximum absolute atomic E-state index is 13.3. The van der Waals surface area contributed by atoms with Gasteiger partial charge in [0.1, 0.15) is 16.9 Å². The molecule has 3 aromatic rings. The molecule has 0 spiro atoms. The number of hydrogen-bond acceptors (Lipinski definition) is 10. The molecule has 0 saturated carbocycles. The second-order valence-corrected chi connectivity index (χ2v) is 9.12. The average molecular weight is 608 g/mol. The summed E-state index contributed by atoms with van der Waals surface area (Å²) in [5.41, 5.74) is 5.39. The van der Waals surface area contributed by atoms with E-state index in [9.17, 15) is 29.0 Å². The highest BCUT2D eigenvalue weighted by atomic mass is 19.1. The van der Waals surface area contributed by atoms with Gasteiger partial charge in [0.2, 0.25) is 0 Å². The number of nitrogens with one attached hydrogen (secondary N) is 1. The summed E-state index contributed by atoms with van der Waals surface area (Å²) in [6.45, 7) is 1.42. The van der Waals surface area contributed by atoms with E-state index in [0.717, 1.165) is 10.5 Å². The molecule has 1 aromatic carbocycles. The number of aromatic nitrogens is 2. The van der Waals surface area contributed by atoms with Crippen LogP contribution in [0.4, 0.5) is 9.18 Å². The van der Waals surface area contributed by atoms with Gasteiger partial charge < -0.3 is 50.4 Å². The van der Waals surface area contributed by atoms with Crippen LogP contribution in [0.15, 0.2) is 41.3 Å². The Morgan fingerprint density at radius 3 is 2.33 bits per heavy atom. The second kappa shape index (κ2) is 18.4. The predicted octanol–water partition coefficient (Wildman–Crippen LogP) is 0.135. The van der Waals surface area contributed by atoms with E-state index < -0.39 is 28.9 Å². The normalized spacial score (nSPS) is 10.7. The predicted molar refractivity (Wildman–Crippen MR) is 155 cm³/mol. The molecule has 43 heavy (non-hydrogen) atoms. The maximum Gasteiger partial charge on any atom is 0.407 e. The van der Waals surface area contributed by atoms with Crippen molar-refractivity contribution >= 4 is 23.0 Å². The summed E-state index contributed by atoms with van der Waals surface area (Å²) < 4.78 is 24.3. The van der Waals surface area contributed by atoms with Crippen LogP contribution in [-0.2, 0) is 22.4 Å². The van der Waals surface area contributed by atoms with Gasteiger partial charge in [0.25, 0.3) is 11.5 Å². The fourth-order valence-corrected chi connectivity index (χ4v) is 3.80. The zero-order valence-corrected chi connectivity index (χ0v) is 23.9. The summed E-state index contributed by atoms with van der Waals surface area (Å²) >= 11 is 0. The first-order chi connectivity index (χ1) is 20.6. The minimum atomic E-state index is -1.19. The molecule has 15 heteroatoms. The van der Waals surface area contributed by atoms with Gasteiger partial charge in [-0.05, 0) is 35.7 Å². The van der Waals surface area contributed by atoms with E-state index in [0.29, 0.717) is 31.7 Å². The van der Waals surface area contributed by atoms with Gasteiger partial charge in [-0.1, -0.05) is 12.1 Å². The number of halogens is 1. The Kier molecular flexibility index (Phi) is 15.0. The summed E-state index contributed by atoms with van der Waals surface area (Å²) in [5.74, 6) is -1.81. The molecular formula is C28H38FN5O9. The van der Waals surface area contributed by atoms with Crippen LogP contribution in [0.3, 0.4) is 0 Å². The molecule has 2 amide bonds. The van der Waals surface area contributed by atoms with Crippen molar-refractivity contribution in [1.82, 2.24) is 19.8 Å². The molecule has 0 atom stereocenters. The van der Waals surface area contributed by atoms with Crippen molar-refractivity contribution in [1.29, 1.82) is 0 Å². The van der Waals surface area contributed by atoms with Gasteiger partial charge in [-0.3, -0.25) is 14.6 Å². The topological polar surface area (TPSA) is 210 Å². The number of carbonyl (C=O) groups excluding carboxylic acids is 1. The van der Waals surface area contributed by atoms with Gasteiger partial charge in [0.15, 0.2) is 5.75 Å². The average Bonchev–Trinajstić information content (AvgIpc) is 2.98. The van der Waals surface area contributed by atoms with Crippen LogP contribution in [-0.4, -0.2) is 113 Å². The quantitative estimate of drug-likeness (QED) is 0.128. The summed E-state index contributed by atoms with van der Waals surface area (Å²) in [7, 11) is 1.34. The van der Waals surface area contributed by atoms with Crippen molar-refractivity contribution in [3.05, 3.63) is 69.4 Å². The number of aromatic hydroxyl groups is 1. The Balaban J connectivity index is 0.000000821. The van der Waals surface area contributed by atoms with E-state index >= 15 is 0 Å². The molecule has 0 fully saturated rings. The summed E-state index contributed by atoms with van der Waals surface area (Å²) in [5, 5.41) is 39.3. The fourth-order valence-electron chi connectivity index (χ4n) is 3.80. The number of fused-ring (bicyclic) bond motifs is 1. The lowest BCUT2D eigenvalue weighted by Crippen LogP contribution is -2.37. The minimum absolute atomic E-state index is 0.00267. The number of likely N-dealkylation sites (N-methyl/N-ethyl adjacent to an activating group) is 1. The zero-order chi connectivity index (χ0) is 31.8. The van der Waals surface area contributed by atoms with Crippen LogP contribution in [0, 0.1) is 5.82 Å². The monoisotopic (exact) mass is 607 g/mol. The molecular weight excluding hydrogens is 569 g/mol. The Labute approximate surface area is 247 Å². The number of carbonyl (C=O) groups is 2. The van der Waals surface area contributed by atoms with Crippen molar-refractivity contribution in [3.8, 4) is 5.75 Å². The smallest absolute Gasteiger partial charge is 0.407 e. The van der Waals surface area contributed by atoms with E-state index in [1.54, 1.807) is 18.2 Å². The van der Waals surface area contributed by atoms with Crippen molar-refractivity contribution < 1.29 is 43.9 Å². The first-order valence-electron chi connectivity index (χ1n) is 13.4. The number of nitrogens with zero attached hydrogens (tertiary/aromatic N) is 3. The molecule has 0 aliphatic rings. The number of rotatable bonds is 15. The number of aliphatic hydroxyl groups excluding tert-OH is 2. The molecule has 236 valence electrons. The van der Waals surface area contributed by atoms with E-state index in [-0.39, 0.29) is 62.9 Å². The zero-order valence-electron chi connectivity index (χ0n) is 23.9. The minimum Gasteiger partial charge on any atom is -0.505 e. The second-order valence-electron chi connectivity index (χ2n) is 9.12. The van der Waals surface area contributed by atoms with Crippen molar-refractivity contribution in [2.24, 2.45) is 5.73 Å². The van der Waals surface area contributed by atoms with Crippen LogP contribution in [0.5, 0.6) is 5.75 Å². The summed E-state index contributed by atoms with van der Waals surface area (Å²) in [4.78, 5) is 42.6. The van der Waals surface area contributed by atoms with Crippen molar-refractivity contribution in [3.63, 3.8) is 0 Å². The number of pyridine rings is 2. The van der Waals surface area contributed by atoms with Gasteiger partial charge >= 0.3 is 6.09 Å². The molecule has 3 rings (SSSR count). The highest BCUT2D eigenvalue weighted by Gasteiger charge is 2.23. The van der Waals surface area contributed by atoms with Gasteiger partial charge in [-0.2, -0.15) is 0 Å². The number of amides is 2. The number of nitrogens with two attached hydrogens (primary N) is 1. The largest absolute Gasteiger partial charge is 0.505 e. The Morgan fingerprint density at radius 1 is 1.07 bits per heavy atom. The Morgan fingerprint density at radius 2 is 1.72 bits per heavy atom. The SMILES string of the molecule is CN(CCn1c(=O)c(C(=O)NCCOCCO)c(O)c2ncc(Cc3ccc(F)cc3)cc21)C(=O)O.NCCOCCO. The highest BCUT2D eigenvalue weighted by Crippen LogP contribution is 2.26. The van der Waals surface area contributed by atoms with Crippen molar-refractivity contribution in [2.75, 3.05) is 66.3 Å². The van der Waals surface area contributed by atoms with Crippen LogP contribution in [0.2, 0.25) is 0 Å². The van der Waals surface area contributed by atoms with Crippen LogP contribution in [0.1, 0.15) is 21.5 Å². The third kappa shape index (κ3) is 10.9. The van der Waals surface area contributed by atoms with Crippen LogP contribution in [0.25, 0.3) is 11.0 Å². The molecule has 0 unspecified atom stereocenters. The molecule has 7 N–H and O–H groups in total. The number of hydrogen-bond donors (Lipinski definition) is 6. The number of ether oxygens (including phenoxy) is 2. The highest BCUT2D eigenvalue weighted by molar-refractivity contribution is 6.01. The molecule has 2 heterocycles. The molecule has 0 bridgehead atoms. The number of benzene rings is 1. The lowest BCUT2D eigenvalue weighted by molar-refractivity contribution is 0.0835. The molecule has 0 aliphatic heterocycles. The molecule has 0 radical (unpaired) electrons. The molecule has 14 nitrogen and oxygen atoms in total. The summed E-state index contributed by atoms with van der Waals surface area (Å²) in [6.07, 6.45) is 0.652. The van der Waals surface area contributed by atoms with Gasteiger partial charge in [-0.15, -0.1) is 0 Å². The van der Waals surface area contributed by atoms with Gasteiger partial charge in [0, 0.05) is 39.4 Å². The lowest BCUT2D eigenvalue weighted by Gasteiger charge is -2.18. The van der Waals surface area contributed by atoms with E-state index in [4.69, 9.17) is 25.4 Å². The van der Waals surface area contributed by atoms with E-state index in [1.165, 1.54) is 29.9 Å². The standard InChI is InChI=1S/C24H27FN4O7.C4H11NO2/c1-28(24(34)35)7-8-29-18-13-16(12-15-2-4-17(25)5-3-15)14-27-20(18)21(31)19(23(29)33)22(32)26-6-10-36-11-9-30;5-1-3-7-4-2-6/h2-5,13-14,30-31H,6-12H2,1H3,(H,26,32)(H,34,35);6H,1-5H2. The van der Waals surface area contributed by atoms with Crippen molar-refractivity contribution in [2.45, 2.75) is 13.0 Å². The molecule has 2 aromatic heterocycles. The molecule has 0 saturated heterocycles. The molecule has 0 aliphatic carbocycles. The summed E-state index contributed by atoms with van der Waals surface area (Å²) in [6, 6.07) is 7.51. The third-order valence-electron chi connectivity index (χ3n) is 5.93. The van der Waals surface area contributed by atoms with Crippen LogP contribution < -0.4 is 16.6 Å². The first kappa shape index (κ1) is 35.0. The van der Waals surface area contributed by atoms with E-state index in [2.05, 4.69) is 10.3 Å². The third-order valence-corrected chi connectivity index (χ3v) is 5.93. The number of carboxylic acid groups (broad SMARTS) is 1. The number of aliphatic hydroxyl groups is 2. The first-order valence-corrected chi connectivity index (χ1v) is 13.4. The fraction of sp³-hybridized carbons (Fsp3) is 0.429. The lowest BCUT2D eigenvalue weighted by atomic mass is 10.1. The Hall–Kier alpha value is -4.15. The maximum atomic E-state index is 13.3. The van der Waals surface area contributed by atoms with Crippen LogP contribution >= 0.6 is 0 Å².